The number of carbonyl (C=O) groups is 1. The zero-order valence-electron chi connectivity index (χ0n) is 13.1. The Bertz CT molecular complexity index is 852. The van der Waals surface area contributed by atoms with E-state index in [0.717, 1.165) is 5.56 Å². The van der Waals surface area contributed by atoms with E-state index >= 15 is 0 Å². The Morgan fingerprint density at radius 2 is 2.17 bits per heavy atom. The van der Waals surface area contributed by atoms with Crippen LogP contribution in [0.1, 0.15) is 12.0 Å². The molecule has 1 aliphatic rings. The van der Waals surface area contributed by atoms with Gasteiger partial charge in [-0.3, -0.25) is 4.79 Å². The number of aliphatic hydroxyl groups is 1. The molecule has 3 rings (SSSR count). The Labute approximate surface area is 145 Å². The second-order valence-electron chi connectivity index (χ2n) is 5.78. The molecule has 122 valence electrons. The summed E-state index contributed by atoms with van der Waals surface area (Å²) < 4.78 is 0. The van der Waals surface area contributed by atoms with E-state index in [1.54, 1.807) is 25.2 Å². The van der Waals surface area contributed by atoms with E-state index in [9.17, 15) is 9.90 Å². The number of nitrogens with zero attached hydrogens (tertiary/aromatic N) is 2. The smallest absolute Gasteiger partial charge is 0.267 e. The van der Waals surface area contributed by atoms with Crippen molar-refractivity contribution in [3.63, 3.8) is 0 Å². The monoisotopic (exact) mass is 341 g/mol. The van der Waals surface area contributed by atoms with Crippen LogP contribution in [0, 0.1) is 11.8 Å². The fourth-order valence-electron chi connectivity index (χ4n) is 2.57. The molecule has 0 spiro atoms. The summed E-state index contributed by atoms with van der Waals surface area (Å²) in [6.45, 7) is 0.496. The lowest BCUT2D eigenvalue weighted by Gasteiger charge is -2.13. The molecule has 0 radical (unpaired) electrons. The highest BCUT2D eigenvalue weighted by molar-refractivity contribution is 6.29. The van der Waals surface area contributed by atoms with Gasteiger partial charge in [0.2, 0.25) is 5.60 Å². The second-order valence-corrected chi connectivity index (χ2v) is 6.16. The molecule has 5 nitrogen and oxygen atoms in total. The maximum atomic E-state index is 11.9. The van der Waals surface area contributed by atoms with Gasteiger partial charge in [0.05, 0.1) is 5.69 Å². The number of likely N-dealkylation sites (N-methyl/N-ethyl adjacent to an activating group) is 1. The van der Waals surface area contributed by atoms with Crippen molar-refractivity contribution in [3.8, 4) is 23.1 Å². The predicted octanol–water partition coefficient (Wildman–Crippen LogP) is 1.93. The van der Waals surface area contributed by atoms with Crippen LogP contribution in [0.5, 0.6) is 0 Å². The quantitative estimate of drug-likeness (QED) is 0.613. The van der Waals surface area contributed by atoms with Crippen molar-refractivity contribution in [2.75, 3.05) is 19.3 Å². The zero-order valence-corrected chi connectivity index (χ0v) is 13.8. The first-order valence-corrected chi connectivity index (χ1v) is 7.80. The topological polar surface area (TPSA) is 79.4 Å². The number of hydrogen-bond donors (Lipinski definition) is 2. The predicted molar refractivity (Wildman–Crippen MR) is 93.2 cm³/mol. The van der Waals surface area contributed by atoms with Gasteiger partial charge in [0, 0.05) is 36.8 Å². The van der Waals surface area contributed by atoms with E-state index in [1.165, 1.54) is 4.90 Å². The molecule has 0 bridgehead atoms. The highest BCUT2D eigenvalue weighted by Gasteiger charge is 2.42. The summed E-state index contributed by atoms with van der Waals surface area (Å²) in [5.41, 5.74) is 6.82. The number of carbonyl (C=O) groups excluding carboxylic acids is 1. The molecule has 1 aliphatic heterocycles. The molecular weight excluding hydrogens is 326 g/mol. The molecule has 0 saturated carbocycles. The second kappa shape index (κ2) is 6.16. The summed E-state index contributed by atoms with van der Waals surface area (Å²) in [5, 5.41) is 10.7. The van der Waals surface area contributed by atoms with Crippen LogP contribution >= 0.6 is 11.6 Å². The van der Waals surface area contributed by atoms with Crippen LogP contribution in [0.15, 0.2) is 36.4 Å². The molecule has 1 amide bonds. The summed E-state index contributed by atoms with van der Waals surface area (Å²) in [6.07, 6.45) is 0.307. The van der Waals surface area contributed by atoms with E-state index in [0.29, 0.717) is 35.1 Å². The Kier molecular flexibility index (Phi) is 4.18. The van der Waals surface area contributed by atoms with E-state index < -0.39 is 5.60 Å². The molecular formula is C18H16ClN3O2. The van der Waals surface area contributed by atoms with E-state index in [4.69, 9.17) is 17.3 Å². The summed E-state index contributed by atoms with van der Waals surface area (Å²) in [5.74, 6) is 5.21. The summed E-state index contributed by atoms with van der Waals surface area (Å²) in [4.78, 5) is 17.7. The lowest BCUT2D eigenvalue weighted by atomic mass is 10.0. The standard InChI is InChI=1S/C18H16ClN3O2/c1-22-8-7-18(24,17(22)23)6-5-12-3-2-4-13(9-12)15-10-14(20)11-16(19)21-15/h2-4,9-11,24H,7-8H2,1H3,(H2,20,21). The molecule has 1 atom stereocenters. The van der Waals surface area contributed by atoms with E-state index in [-0.39, 0.29) is 5.91 Å². The molecule has 1 fully saturated rings. The lowest BCUT2D eigenvalue weighted by Crippen LogP contribution is -2.37. The zero-order chi connectivity index (χ0) is 17.3. The largest absolute Gasteiger partial charge is 0.399 e. The molecule has 1 saturated heterocycles. The van der Waals surface area contributed by atoms with Gasteiger partial charge < -0.3 is 15.7 Å². The number of hydrogen-bond acceptors (Lipinski definition) is 4. The van der Waals surface area contributed by atoms with Crippen LogP contribution in [-0.4, -0.2) is 40.1 Å². The van der Waals surface area contributed by atoms with Gasteiger partial charge >= 0.3 is 0 Å². The molecule has 3 N–H and O–H groups in total. The van der Waals surface area contributed by atoms with Crippen LogP contribution in [0.25, 0.3) is 11.3 Å². The van der Waals surface area contributed by atoms with Gasteiger partial charge in [-0.25, -0.2) is 4.98 Å². The number of amides is 1. The molecule has 1 aromatic heterocycles. The van der Waals surface area contributed by atoms with Crippen molar-refractivity contribution >= 4 is 23.2 Å². The van der Waals surface area contributed by atoms with Crippen LogP contribution in [-0.2, 0) is 4.79 Å². The average molecular weight is 342 g/mol. The van der Waals surface area contributed by atoms with Crippen molar-refractivity contribution in [1.29, 1.82) is 0 Å². The average Bonchev–Trinajstić information content (AvgIpc) is 2.81. The highest BCUT2D eigenvalue weighted by atomic mass is 35.5. The third-order valence-electron chi connectivity index (χ3n) is 3.90. The van der Waals surface area contributed by atoms with Crippen LogP contribution in [0.2, 0.25) is 5.15 Å². The van der Waals surface area contributed by atoms with Crippen LogP contribution < -0.4 is 5.73 Å². The van der Waals surface area contributed by atoms with Crippen LogP contribution in [0.3, 0.4) is 0 Å². The number of nitrogen functional groups attached to an aromatic ring is 1. The fraction of sp³-hybridized carbons (Fsp3) is 0.222. The Hall–Kier alpha value is -2.55. The van der Waals surface area contributed by atoms with Crippen molar-refractivity contribution in [3.05, 3.63) is 47.1 Å². The maximum Gasteiger partial charge on any atom is 0.267 e. The van der Waals surface area contributed by atoms with Crippen molar-refractivity contribution in [2.24, 2.45) is 0 Å². The molecule has 0 aliphatic carbocycles. The molecule has 1 unspecified atom stereocenters. The first-order chi connectivity index (χ1) is 11.4. The Morgan fingerprint density at radius 3 is 2.83 bits per heavy atom. The number of anilines is 1. The Balaban J connectivity index is 1.92. The molecule has 2 aromatic rings. The van der Waals surface area contributed by atoms with Crippen molar-refractivity contribution < 1.29 is 9.90 Å². The number of aromatic nitrogens is 1. The SMILES string of the molecule is CN1CCC(O)(C#Cc2cccc(-c3cc(N)cc(Cl)n3)c2)C1=O. The van der Waals surface area contributed by atoms with E-state index in [2.05, 4.69) is 16.8 Å². The first-order valence-electron chi connectivity index (χ1n) is 7.42. The van der Waals surface area contributed by atoms with Crippen molar-refractivity contribution in [2.45, 2.75) is 12.0 Å². The van der Waals surface area contributed by atoms with Gasteiger partial charge in [-0.2, -0.15) is 0 Å². The number of nitrogens with two attached hydrogens (primary N) is 1. The van der Waals surface area contributed by atoms with Crippen molar-refractivity contribution in [1.82, 2.24) is 9.88 Å². The number of rotatable bonds is 1. The molecule has 2 heterocycles. The molecule has 1 aromatic carbocycles. The maximum absolute atomic E-state index is 11.9. The third-order valence-corrected chi connectivity index (χ3v) is 4.09. The van der Waals surface area contributed by atoms with Gasteiger partial charge in [0.1, 0.15) is 5.15 Å². The summed E-state index contributed by atoms with van der Waals surface area (Å²) >= 11 is 5.94. The van der Waals surface area contributed by atoms with Gasteiger partial charge in [0.25, 0.3) is 5.91 Å². The molecule has 24 heavy (non-hydrogen) atoms. The fourth-order valence-corrected chi connectivity index (χ4v) is 2.78. The number of pyridine rings is 1. The minimum absolute atomic E-state index is 0.307. The molecule has 6 heteroatoms. The number of benzene rings is 1. The van der Waals surface area contributed by atoms with Gasteiger partial charge in [0.15, 0.2) is 0 Å². The van der Waals surface area contributed by atoms with E-state index in [1.807, 2.05) is 18.2 Å². The highest BCUT2D eigenvalue weighted by Crippen LogP contribution is 2.24. The normalized spacial score (nSPS) is 20.0. The van der Waals surface area contributed by atoms with Gasteiger partial charge in [-0.15, -0.1) is 0 Å². The first kappa shape index (κ1) is 16.3. The van der Waals surface area contributed by atoms with Crippen LogP contribution in [0.4, 0.5) is 5.69 Å². The van der Waals surface area contributed by atoms with Gasteiger partial charge in [-0.1, -0.05) is 35.6 Å². The summed E-state index contributed by atoms with van der Waals surface area (Å²) in [6, 6.07) is 10.6. The number of likely N-dealkylation sites (tertiary alicyclic amines) is 1. The number of halogens is 1. The third kappa shape index (κ3) is 3.21. The minimum Gasteiger partial charge on any atom is -0.399 e. The van der Waals surface area contributed by atoms with Gasteiger partial charge in [-0.05, 0) is 24.3 Å². The lowest BCUT2D eigenvalue weighted by molar-refractivity contribution is -0.137. The Morgan fingerprint density at radius 1 is 1.38 bits per heavy atom. The minimum atomic E-state index is -1.61. The summed E-state index contributed by atoms with van der Waals surface area (Å²) in [7, 11) is 1.65.